The van der Waals surface area contributed by atoms with E-state index >= 15 is 0 Å². The number of hydrogen-bond acceptors (Lipinski definition) is 3. The second-order valence-electron chi connectivity index (χ2n) is 4.97. The van der Waals surface area contributed by atoms with Gasteiger partial charge in [-0.25, -0.2) is 0 Å². The zero-order valence-corrected chi connectivity index (χ0v) is 15.4. The third-order valence-corrected chi connectivity index (χ3v) is 6.03. The van der Waals surface area contributed by atoms with Crippen LogP contribution in [0.1, 0.15) is 29.2 Å². The van der Waals surface area contributed by atoms with Crippen molar-refractivity contribution in [2.45, 2.75) is 18.9 Å². The zero-order chi connectivity index (χ0) is 15.0. The van der Waals surface area contributed by atoms with Crippen molar-refractivity contribution in [3.63, 3.8) is 0 Å². The predicted molar refractivity (Wildman–Crippen MR) is 94.0 cm³/mol. The van der Waals surface area contributed by atoms with Crippen LogP contribution >= 0.6 is 43.2 Å². The summed E-state index contributed by atoms with van der Waals surface area (Å²) >= 11 is 8.84. The first-order valence-electron chi connectivity index (χ1n) is 6.63. The molecule has 1 aliphatic rings. The van der Waals surface area contributed by atoms with Gasteiger partial charge in [0, 0.05) is 12.1 Å². The van der Waals surface area contributed by atoms with Crippen molar-refractivity contribution in [3.05, 3.63) is 48.5 Å². The van der Waals surface area contributed by atoms with Crippen LogP contribution in [0.3, 0.4) is 0 Å². The molecule has 0 aliphatic carbocycles. The van der Waals surface area contributed by atoms with Gasteiger partial charge in [-0.05, 0) is 74.2 Å². The number of anilines is 1. The molecule has 6 heteroatoms. The number of halogens is 2. The molecular weight excluding hydrogens is 416 g/mol. The van der Waals surface area contributed by atoms with Crippen LogP contribution in [0.4, 0.5) is 5.69 Å². The van der Waals surface area contributed by atoms with Gasteiger partial charge in [-0.2, -0.15) is 0 Å². The Bertz CT molecular complexity index is 699. The molecule has 1 aliphatic heterocycles. The lowest BCUT2D eigenvalue weighted by Gasteiger charge is -2.21. The summed E-state index contributed by atoms with van der Waals surface area (Å²) in [7, 11) is 1.96. The van der Waals surface area contributed by atoms with E-state index in [1.54, 1.807) is 11.3 Å². The molecular formula is C15H14Br2N2OS. The fourth-order valence-corrected chi connectivity index (χ4v) is 5.54. The first-order valence-corrected chi connectivity index (χ1v) is 9.03. The Balaban J connectivity index is 1.98. The van der Waals surface area contributed by atoms with Crippen LogP contribution in [-0.2, 0) is 11.2 Å². The van der Waals surface area contributed by atoms with Crippen molar-refractivity contribution in [1.29, 1.82) is 0 Å². The van der Waals surface area contributed by atoms with Crippen molar-refractivity contribution < 1.29 is 4.79 Å². The van der Waals surface area contributed by atoms with Crippen molar-refractivity contribution in [2.75, 3.05) is 12.4 Å². The normalized spacial score (nSPS) is 15.5. The quantitative estimate of drug-likeness (QED) is 0.755. The lowest BCUT2D eigenvalue weighted by atomic mass is 9.95. The van der Waals surface area contributed by atoms with Crippen LogP contribution in [0.25, 0.3) is 0 Å². The standard InChI is InChI=1S/C15H14Br2N2OS/c1-18-14(10-7-12(16)21-15(10)17)9-2-4-11-8(6-9)3-5-13(20)19-11/h2,4,6-7,14,18H,3,5H2,1H3,(H,19,20). The van der Waals surface area contributed by atoms with E-state index in [-0.39, 0.29) is 11.9 Å². The molecule has 1 unspecified atom stereocenters. The molecule has 0 radical (unpaired) electrons. The summed E-state index contributed by atoms with van der Waals surface area (Å²) < 4.78 is 2.23. The Kier molecular flexibility index (Phi) is 4.49. The monoisotopic (exact) mass is 428 g/mol. The van der Waals surface area contributed by atoms with Crippen molar-refractivity contribution in [2.24, 2.45) is 0 Å². The maximum atomic E-state index is 11.4. The molecule has 0 fully saturated rings. The number of nitrogens with one attached hydrogen (secondary N) is 2. The molecule has 110 valence electrons. The van der Waals surface area contributed by atoms with E-state index in [9.17, 15) is 4.79 Å². The average molecular weight is 430 g/mol. The van der Waals surface area contributed by atoms with E-state index in [0.717, 1.165) is 19.7 Å². The number of aryl methyl sites for hydroxylation is 1. The summed E-state index contributed by atoms with van der Waals surface area (Å²) in [5, 5.41) is 6.30. The van der Waals surface area contributed by atoms with Gasteiger partial charge in [0.15, 0.2) is 0 Å². The summed E-state index contributed by atoms with van der Waals surface area (Å²) in [4.78, 5) is 11.4. The molecule has 2 aromatic rings. The first-order chi connectivity index (χ1) is 10.1. The minimum atomic E-state index is 0.102. The summed E-state index contributed by atoms with van der Waals surface area (Å²) in [5.74, 6) is 0.102. The molecule has 0 spiro atoms. The second-order valence-corrected chi connectivity index (χ2v) is 8.72. The number of hydrogen-bond donors (Lipinski definition) is 2. The topological polar surface area (TPSA) is 41.1 Å². The molecule has 3 rings (SSSR count). The number of thiophene rings is 1. The highest BCUT2D eigenvalue weighted by atomic mass is 79.9. The van der Waals surface area contributed by atoms with Gasteiger partial charge in [0.1, 0.15) is 0 Å². The average Bonchev–Trinajstić information content (AvgIpc) is 2.79. The Morgan fingerprint density at radius 3 is 2.76 bits per heavy atom. The van der Waals surface area contributed by atoms with E-state index in [0.29, 0.717) is 6.42 Å². The van der Waals surface area contributed by atoms with Crippen LogP contribution in [0.5, 0.6) is 0 Å². The van der Waals surface area contributed by atoms with Gasteiger partial charge in [0.2, 0.25) is 5.91 Å². The smallest absolute Gasteiger partial charge is 0.224 e. The van der Waals surface area contributed by atoms with E-state index in [1.807, 2.05) is 13.1 Å². The van der Waals surface area contributed by atoms with Gasteiger partial charge >= 0.3 is 0 Å². The molecule has 1 aromatic carbocycles. The van der Waals surface area contributed by atoms with Gasteiger partial charge in [-0.3, -0.25) is 4.79 Å². The van der Waals surface area contributed by atoms with Crippen molar-refractivity contribution in [3.8, 4) is 0 Å². The van der Waals surface area contributed by atoms with Gasteiger partial charge in [0.05, 0.1) is 13.6 Å². The van der Waals surface area contributed by atoms with Crippen molar-refractivity contribution in [1.82, 2.24) is 5.32 Å². The van der Waals surface area contributed by atoms with Crippen molar-refractivity contribution >= 4 is 54.8 Å². The fourth-order valence-electron chi connectivity index (χ4n) is 2.63. The van der Waals surface area contributed by atoms with Gasteiger partial charge in [-0.1, -0.05) is 12.1 Å². The Labute approximate surface area is 144 Å². The van der Waals surface area contributed by atoms with Crippen LogP contribution in [0, 0.1) is 0 Å². The number of benzene rings is 1. The molecule has 1 atom stereocenters. The lowest BCUT2D eigenvalue weighted by molar-refractivity contribution is -0.116. The highest BCUT2D eigenvalue weighted by Crippen LogP contribution is 2.38. The highest BCUT2D eigenvalue weighted by molar-refractivity contribution is 9.12. The predicted octanol–water partition coefficient (Wildman–Crippen LogP) is 4.47. The molecule has 0 saturated heterocycles. The summed E-state index contributed by atoms with van der Waals surface area (Å²) in [6.07, 6.45) is 1.37. The van der Waals surface area contributed by atoms with E-state index in [2.05, 4.69) is 60.7 Å². The SMILES string of the molecule is CNC(c1ccc2c(c1)CCC(=O)N2)c1cc(Br)sc1Br. The largest absolute Gasteiger partial charge is 0.326 e. The van der Waals surface area contributed by atoms with Gasteiger partial charge < -0.3 is 10.6 Å². The molecule has 2 N–H and O–H groups in total. The number of fused-ring (bicyclic) bond motifs is 1. The van der Waals surface area contributed by atoms with Crippen LogP contribution in [0.15, 0.2) is 31.8 Å². The number of rotatable bonds is 3. The summed E-state index contributed by atoms with van der Waals surface area (Å²) in [6, 6.07) is 8.53. The number of carbonyl (C=O) groups is 1. The Hall–Kier alpha value is -0.690. The summed E-state index contributed by atoms with van der Waals surface area (Å²) in [5.41, 5.74) is 4.57. The fraction of sp³-hybridized carbons (Fsp3) is 0.267. The number of amides is 1. The van der Waals surface area contributed by atoms with E-state index < -0.39 is 0 Å². The maximum Gasteiger partial charge on any atom is 0.224 e. The lowest BCUT2D eigenvalue weighted by Crippen LogP contribution is -2.21. The molecule has 0 bridgehead atoms. The molecule has 2 heterocycles. The van der Waals surface area contributed by atoms with Crippen LogP contribution in [-0.4, -0.2) is 13.0 Å². The third kappa shape index (κ3) is 3.08. The minimum absolute atomic E-state index is 0.102. The molecule has 3 nitrogen and oxygen atoms in total. The maximum absolute atomic E-state index is 11.4. The van der Waals surface area contributed by atoms with E-state index in [1.165, 1.54) is 16.7 Å². The Morgan fingerprint density at radius 2 is 2.10 bits per heavy atom. The Morgan fingerprint density at radius 1 is 1.29 bits per heavy atom. The zero-order valence-electron chi connectivity index (χ0n) is 11.4. The molecule has 0 saturated carbocycles. The van der Waals surface area contributed by atoms with Gasteiger partial charge in [0.25, 0.3) is 0 Å². The number of carbonyl (C=O) groups excluding carboxylic acids is 1. The second kappa shape index (κ2) is 6.20. The summed E-state index contributed by atoms with van der Waals surface area (Å²) in [6.45, 7) is 0. The third-order valence-electron chi connectivity index (χ3n) is 3.64. The van der Waals surface area contributed by atoms with E-state index in [4.69, 9.17) is 0 Å². The first kappa shape index (κ1) is 15.2. The molecule has 1 aromatic heterocycles. The van der Waals surface area contributed by atoms with Gasteiger partial charge in [-0.15, -0.1) is 11.3 Å². The highest BCUT2D eigenvalue weighted by Gasteiger charge is 2.20. The minimum Gasteiger partial charge on any atom is -0.326 e. The van der Waals surface area contributed by atoms with Crippen LogP contribution in [0.2, 0.25) is 0 Å². The van der Waals surface area contributed by atoms with Crippen LogP contribution < -0.4 is 10.6 Å². The molecule has 1 amide bonds. The molecule has 21 heavy (non-hydrogen) atoms.